The number of halogens is 1. The number of rotatable bonds is 0. The molecule has 0 saturated carbocycles. The molecule has 0 radical (unpaired) electrons. The summed E-state index contributed by atoms with van der Waals surface area (Å²) in [7, 11) is 0. The predicted molar refractivity (Wildman–Crippen MR) is 57.9 cm³/mol. The summed E-state index contributed by atoms with van der Waals surface area (Å²) in [6.45, 7) is 1.25. The van der Waals surface area contributed by atoms with Crippen LogP contribution in [0.3, 0.4) is 0 Å². The number of hydrogen-bond acceptors (Lipinski definition) is 3. The molecule has 1 N–H and O–H groups in total. The lowest BCUT2D eigenvalue weighted by Gasteiger charge is -2.18. The van der Waals surface area contributed by atoms with Gasteiger partial charge in [-0.1, -0.05) is 4.48 Å². The molecule has 4 nitrogen and oxygen atoms in total. The van der Waals surface area contributed by atoms with Gasteiger partial charge in [-0.2, -0.15) is 0 Å². The van der Waals surface area contributed by atoms with E-state index >= 15 is 0 Å². The number of pyridine rings is 2. The van der Waals surface area contributed by atoms with Crippen LogP contribution in [0.5, 0.6) is 0 Å². The largest absolute Gasteiger partial charge is 0.312 e. The van der Waals surface area contributed by atoms with Crippen molar-refractivity contribution in [2.24, 2.45) is 0 Å². The quantitative estimate of drug-likeness (QED) is 0.712. The highest BCUT2D eigenvalue weighted by Crippen LogP contribution is 2.20. The second kappa shape index (κ2) is 3.38. The highest BCUT2D eigenvalue weighted by molar-refractivity contribution is 5.80. The summed E-state index contributed by atoms with van der Waals surface area (Å²) < 4.78 is 13.7. The number of aromatic nitrogens is 2. The third-order valence-electron chi connectivity index (χ3n) is 2.95. The van der Waals surface area contributed by atoms with E-state index in [1.165, 1.54) is 6.20 Å². The lowest BCUT2D eigenvalue weighted by Crippen LogP contribution is -2.32. The fourth-order valence-corrected chi connectivity index (χ4v) is 2.19. The summed E-state index contributed by atoms with van der Waals surface area (Å²) in [5.74, 6) is 0. The molecule has 0 aliphatic carbocycles. The molecule has 16 heavy (non-hydrogen) atoms. The molecule has 0 bridgehead atoms. The average Bonchev–Trinajstić information content (AvgIpc) is 2.36. The van der Waals surface area contributed by atoms with Gasteiger partial charge in [0, 0.05) is 23.7 Å². The van der Waals surface area contributed by atoms with Gasteiger partial charge in [0.05, 0.1) is 0 Å². The van der Waals surface area contributed by atoms with Crippen molar-refractivity contribution in [2.45, 2.75) is 13.0 Å². The van der Waals surface area contributed by atoms with Crippen molar-refractivity contribution in [3.05, 3.63) is 39.8 Å². The molecule has 0 fully saturated rings. The van der Waals surface area contributed by atoms with Gasteiger partial charge in [0.1, 0.15) is 0 Å². The number of fused-ring (bicyclic) bond motifs is 3. The minimum absolute atomic E-state index is 0.119. The van der Waals surface area contributed by atoms with E-state index in [0.29, 0.717) is 12.1 Å². The first-order chi connectivity index (χ1) is 7.79. The van der Waals surface area contributed by atoms with Crippen LogP contribution in [0.15, 0.2) is 23.1 Å². The summed E-state index contributed by atoms with van der Waals surface area (Å²) in [5.41, 5.74) is 0.983. The first-order valence-corrected chi connectivity index (χ1v) is 5.17. The third-order valence-corrected chi connectivity index (χ3v) is 2.95. The Labute approximate surface area is 90.7 Å². The highest BCUT2D eigenvalue weighted by Gasteiger charge is 2.19. The SMILES string of the molecule is O=c1c2c(c3cccnc3n1F)CCNC2. The summed E-state index contributed by atoms with van der Waals surface area (Å²) in [4.78, 5) is 15.8. The topological polar surface area (TPSA) is 46.9 Å². The van der Waals surface area contributed by atoms with Crippen LogP contribution in [0.25, 0.3) is 11.0 Å². The zero-order chi connectivity index (χ0) is 11.1. The van der Waals surface area contributed by atoms with E-state index in [1.54, 1.807) is 6.07 Å². The van der Waals surface area contributed by atoms with Gasteiger partial charge < -0.3 is 5.32 Å². The molecule has 3 heterocycles. The lowest BCUT2D eigenvalue weighted by molar-refractivity contribution is 0.363. The minimum Gasteiger partial charge on any atom is -0.312 e. The molecule has 2 aromatic heterocycles. The van der Waals surface area contributed by atoms with Gasteiger partial charge in [-0.05, 0) is 30.7 Å². The first kappa shape index (κ1) is 9.47. The molecule has 82 valence electrons. The summed E-state index contributed by atoms with van der Waals surface area (Å²) in [6.07, 6.45) is 2.24. The molecule has 1 aliphatic rings. The molecule has 2 aromatic rings. The van der Waals surface area contributed by atoms with Crippen molar-refractivity contribution in [3.63, 3.8) is 0 Å². The van der Waals surface area contributed by atoms with Crippen molar-refractivity contribution in [3.8, 4) is 0 Å². The maximum Gasteiger partial charge on any atom is 0.285 e. The summed E-state index contributed by atoms with van der Waals surface area (Å²) in [6, 6.07) is 3.57. The van der Waals surface area contributed by atoms with E-state index in [0.717, 1.165) is 23.9 Å². The number of nitrogens with zero attached hydrogens (tertiary/aromatic N) is 2. The molecule has 0 amide bonds. The standard InChI is InChI=1S/C11H10FN3O/c12-15-10-8(2-1-4-14-10)7-3-5-13-6-9(7)11(15)16/h1-2,4,13H,3,5-6H2. The first-order valence-electron chi connectivity index (χ1n) is 5.17. The fourth-order valence-electron chi connectivity index (χ4n) is 2.19. The van der Waals surface area contributed by atoms with Gasteiger partial charge in [0.2, 0.25) is 0 Å². The monoisotopic (exact) mass is 219 g/mol. The lowest BCUT2D eigenvalue weighted by atomic mass is 9.99. The average molecular weight is 219 g/mol. The molecule has 0 saturated heterocycles. The number of hydrogen-bond donors (Lipinski definition) is 1. The van der Waals surface area contributed by atoms with Gasteiger partial charge >= 0.3 is 0 Å². The Morgan fingerprint density at radius 3 is 3.19 bits per heavy atom. The van der Waals surface area contributed by atoms with E-state index in [-0.39, 0.29) is 10.4 Å². The van der Waals surface area contributed by atoms with Gasteiger partial charge in [-0.15, -0.1) is 4.79 Å². The molecular weight excluding hydrogens is 209 g/mol. The molecular formula is C11H10FN3O. The molecule has 3 rings (SSSR count). The van der Waals surface area contributed by atoms with Crippen molar-refractivity contribution in [2.75, 3.05) is 6.54 Å². The van der Waals surface area contributed by atoms with Crippen molar-refractivity contribution in [1.82, 2.24) is 15.1 Å². The Morgan fingerprint density at radius 1 is 1.44 bits per heavy atom. The molecule has 0 aromatic carbocycles. The van der Waals surface area contributed by atoms with E-state index < -0.39 is 5.56 Å². The smallest absolute Gasteiger partial charge is 0.285 e. The van der Waals surface area contributed by atoms with Crippen LogP contribution >= 0.6 is 0 Å². The molecule has 1 aliphatic heterocycles. The number of nitrogens with one attached hydrogen (secondary N) is 1. The second-order valence-electron chi connectivity index (χ2n) is 3.84. The Balaban J connectivity index is 2.50. The zero-order valence-corrected chi connectivity index (χ0v) is 8.53. The van der Waals surface area contributed by atoms with Crippen LogP contribution in [0.4, 0.5) is 4.48 Å². The van der Waals surface area contributed by atoms with Crippen LogP contribution in [0.1, 0.15) is 11.1 Å². The van der Waals surface area contributed by atoms with Crippen molar-refractivity contribution in [1.29, 1.82) is 0 Å². The minimum atomic E-state index is -0.589. The van der Waals surface area contributed by atoms with Crippen LogP contribution in [-0.2, 0) is 13.0 Å². The normalized spacial score (nSPS) is 15.1. The molecule has 0 atom stereocenters. The van der Waals surface area contributed by atoms with Crippen molar-refractivity contribution >= 4 is 11.0 Å². The van der Waals surface area contributed by atoms with E-state index in [4.69, 9.17) is 0 Å². The van der Waals surface area contributed by atoms with Gasteiger partial charge in [-0.25, -0.2) is 4.98 Å². The molecule has 0 spiro atoms. The van der Waals surface area contributed by atoms with E-state index in [1.807, 2.05) is 6.07 Å². The van der Waals surface area contributed by atoms with Crippen LogP contribution in [0, 0.1) is 0 Å². The Morgan fingerprint density at radius 2 is 2.31 bits per heavy atom. The molecule has 0 unspecified atom stereocenters. The van der Waals surface area contributed by atoms with Gasteiger partial charge in [0.15, 0.2) is 5.65 Å². The van der Waals surface area contributed by atoms with E-state index in [2.05, 4.69) is 10.3 Å². The second-order valence-corrected chi connectivity index (χ2v) is 3.84. The zero-order valence-electron chi connectivity index (χ0n) is 8.53. The Hall–Kier alpha value is -1.75. The predicted octanol–water partition coefficient (Wildman–Crippen LogP) is 0.775. The van der Waals surface area contributed by atoms with E-state index in [9.17, 15) is 9.28 Å². The molecule has 5 heteroatoms. The Bertz CT molecular complexity index is 620. The Kier molecular flexibility index (Phi) is 2.00. The maximum atomic E-state index is 13.7. The maximum absolute atomic E-state index is 13.7. The van der Waals surface area contributed by atoms with Crippen LogP contribution in [0.2, 0.25) is 0 Å². The van der Waals surface area contributed by atoms with Crippen molar-refractivity contribution < 1.29 is 4.48 Å². The van der Waals surface area contributed by atoms with Crippen LogP contribution < -0.4 is 10.9 Å². The third kappa shape index (κ3) is 1.18. The summed E-state index contributed by atoms with van der Waals surface area (Å²) >= 11 is 0. The van der Waals surface area contributed by atoms with Crippen LogP contribution in [-0.4, -0.2) is 16.3 Å². The van der Waals surface area contributed by atoms with Gasteiger partial charge in [-0.3, -0.25) is 4.79 Å². The highest BCUT2D eigenvalue weighted by atomic mass is 19.2. The summed E-state index contributed by atoms with van der Waals surface area (Å²) in [5, 5.41) is 3.81. The fraction of sp³-hybridized carbons (Fsp3) is 0.273. The van der Waals surface area contributed by atoms with Gasteiger partial charge in [0.25, 0.3) is 5.56 Å².